The molecule has 1 N–H and O–H groups in total. The van der Waals surface area contributed by atoms with Gasteiger partial charge in [0.05, 0.1) is 0 Å². The van der Waals surface area contributed by atoms with Crippen molar-refractivity contribution in [2.45, 2.75) is 0 Å². The molecule has 3 rings (SSSR count). The average molecular weight is 331 g/mol. The normalized spacial score (nSPS) is 8.68. The van der Waals surface area contributed by atoms with Crippen LogP contribution in [0.5, 0.6) is 0 Å². The van der Waals surface area contributed by atoms with Crippen molar-refractivity contribution in [1.29, 1.82) is 5.26 Å². The number of hydrogen-bond acceptors (Lipinski definition) is 3. The van der Waals surface area contributed by atoms with Crippen molar-refractivity contribution in [3.63, 3.8) is 0 Å². The third-order valence-corrected chi connectivity index (χ3v) is 2.72. The van der Waals surface area contributed by atoms with E-state index in [1.165, 1.54) is 0 Å². The number of pyridine rings is 1. The van der Waals surface area contributed by atoms with Crippen molar-refractivity contribution in [3.8, 4) is 28.8 Å². The maximum atomic E-state index is 6.88. The SMILES string of the molecule is N#CO.[Ni+2].[c-]1ccccc1-c1cccc(-c2[c-]cccc2)n1. The summed E-state index contributed by atoms with van der Waals surface area (Å²) in [5.74, 6) is 0. The van der Waals surface area contributed by atoms with Crippen LogP contribution < -0.4 is 0 Å². The van der Waals surface area contributed by atoms with Crippen LogP contribution in [0.1, 0.15) is 0 Å². The van der Waals surface area contributed by atoms with Crippen molar-refractivity contribution < 1.29 is 21.6 Å². The molecule has 0 saturated carbocycles. The molecule has 0 radical (unpaired) electrons. The van der Waals surface area contributed by atoms with Gasteiger partial charge in [-0.15, -0.1) is 71.8 Å². The van der Waals surface area contributed by atoms with E-state index in [-0.39, 0.29) is 16.5 Å². The van der Waals surface area contributed by atoms with Crippen LogP contribution in [0.15, 0.2) is 66.7 Å². The molecule has 0 aliphatic rings. The minimum Gasteiger partial charge on any atom is -0.443 e. The van der Waals surface area contributed by atoms with Crippen LogP contribution in [-0.2, 0) is 16.5 Å². The van der Waals surface area contributed by atoms with E-state index in [1.807, 2.05) is 66.7 Å². The van der Waals surface area contributed by atoms with E-state index in [2.05, 4.69) is 17.1 Å². The molecule has 0 bridgehead atoms. The Bertz CT molecular complexity index is 670. The first-order valence-corrected chi connectivity index (χ1v) is 6.29. The van der Waals surface area contributed by atoms with Gasteiger partial charge in [0.2, 0.25) is 0 Å². The standard InChI is InChI=1S/C17H11N.CHNO.Ni/c1-3-8-14(9-4-1)16-12-7-13-17(18-16)15-10-5-2-6-11-15;2-1-3;/h1-8,10,12-13H;3H;/q-2;;+2. The summed E-state index contributed by atoms with van der Waals surface area (Å²) in [6.45, 7) is 0. The predicted molar refractivity (Wildman–Crippen MR) is 80.3 cm³/mol. The number of nitriles is 1. The zero-order valence-corrected chi connectivity index (χ0v) is 12.5. The van der Waals surface area contributed by atoms with Gasteiger partial charge in [0.1, 0.15) is 0 Å². The van der Waals surface area contributed by atoms with E-state index in [1.54, 1.807) is 0 Å². The van der Waals surface area contributed by atoms with Crippen LogP contribution in [-0.4, -0.2) is 10.1 Å². The van der Waals surface area contributed by atoms with Gasteiger partial charge in [-0.25, -0.2) is 0 Å². The fourth-order valence-electron chi connectivity index (χ4n) is 1.84. The first-order valence-electron chi connectivity index (χ1n) is 6.29. The number of aliphatic hydroxyl groups excluding tert-OH is 1. The topological polar surface area (TPSA) is 56.9 Å². The zero-order chi connectivity index (χ0) is 14.9. The van der Waals surface area contributed by atoms with Crippen LogP contribution >= 0.6 is 0 Å². The quantitative estimate of drug-likeness (QED) is 0.441. The first-order chi connectivity index (χ1) is 10.3. The molecule has 0 unspecified atom stereocenters. The molecule has 0 amide bonds. The molecule has 0 atom stereocenters. The Labute approximate surface area is 139 Å². The van der Waals surface area contributed by atoms with Gasteiger partial charge in [0.25, 0.3) is 6.26 Å². The maximum Gasteiger partial charge on any atom is 2.00 e. The molecule has 1 heterocycles. The van der Waals surface area contributed by atoms with E-state index in [0.717, 1.165) is 28.8 Å². The summed E-state index contributed by atoms with van der Waals surface area (Å²) in [6.07, 6.45) is 0.750. The Morgan fingerprint density at radius 2 is 1.27 bits per heavy atom. The Morgan fingerprint density at radius 3 is 1.64 bits per heavy atom. The first kappa shape index (κ1) is 17.4. The molecular formula is C18H12N2NiO. The molecule has 2 aromatic carbocycles. The van der Waals surface area contributed by atoms with Gasteiger partial charge < -0.3 is 10.1 Å². The molecule has 0 aliphatic heterocycles. The largest absolute Gasteiger partial charge is 2.00 e. The predicted octanol–water partition coefficient (Wildman–Crippen LogP) is 3.85. The van der Waals surface area contributed by atoms with Gasteiger partial charge in [0.15, 0.2) is 0 Å². The summed E-state index contributed by atoms with van der Waals surface area (Å²) in [7, 11) is 0. The Hall–Kier alpha value is -2.63. The molecule has 3 nitrogen and oxygen atoms in total. The van der Waals surface area contributed by atoms with Crippen LogP contribution in [0.2, 0.25) is 0 Å². The number of aromatic nitrogens is 1. The molecule has 3 aromatic rings. The van der Waals surface area contributed by atoms with Gasteiger partial charge in [-0.2, -0.15) is 5.26 Å². The van der Waals surface area contributed by atoms with Gasteiger partial charge in [0, 0.05) is 0 Å². The maximum absolute atomic E-state index is 6.88. The average Bonchev–Trinajstić information content (AvgIpc) is 2.57. The van der Waals surface area contributed by atoms with Crippen LogP contribution in [0, 0.1) is 23.6 Å². The zero-order valence-electron chi connectivity index (χ0n) is 11.5. The second kappa shape index (κ2) is 9.34. The Kier molecular flexibility index (Phi) is 7.39. The number of hydrogen-bond donors (Lipinski definition) is 1. The number of nitrogens with zero attached hydrogens (tertiary/aromatic N) is 2. The molecule has 0 saturated heterocycles. The summed E-state index contributed by atoms with van der Waals surface area (Å²) in [5, 5.41) is 13.8. The molecule has 0 fully saturated rings. The van der Waals surface area contributed by atoms with Gasteiger partial charge in [-0.1, -0.05) is 18.2 Å². The second-order valence-corrected chi connectivity index (χ2v) is 4.06. The van der Waals surface area contributed by atoms with Crippen molar-refractivity contribution in [2.24, 2.45) is 0 Å². The minimum absolute atomic E-state index is 0. The number of benzene rings is 2. The monoisotopic (exact) mass is 330 g/mol. The van der Waals surface area contributed by atoms with E-state index in [9.17, 15) is 0 Å². The minimum atomic E-state index is 0. The fraction of sp³-hybridized carbons (Fsp3) is 0. The van der Waals surface area contributed by atoms with Gasteiger partial charge in [-0.05, 0) is 11.4 Å². The molecular weight excluding hydrogens is 319 g/mol. The summed E-state index contributed by atoms with van der Waals surface area (Å²) < 4.78 is 0. The van der Waals surface area contributed by atoms with Gasteiger partial charge >= 0.3 is 16.5 Å². The van der Waals surface area contributed by atoms with Crippen molar-refractivity contribution in [2.75, 3.05) is 0 Å². The molecule has 0 spiro atoms. The van der Waals surface area contributed by atoms with E-state index in [4.69, 9.17) is 10.4 Å². The van der Waals surface area contributed by atoms with Crippen molar-refractivity contribution in [3.05, 3.63) is 78.9 Å². The van der Waals surface area contributed by atoms with E-state index < -0.39 is 0 Å². The van der Waals surface area contributed by atoms with Crippen LogP contribution in [0.3, 0.4) is 0 Å². The summed E-state index contributed by atoms with van der Waals surface area (Å²) >= 11 is 0. The molecule has 22 heavy (non-hydrogen) atoms. The smallest absolute Gasteiger partial charge is 0.443 e. The summed E-state index contributed by atoms with van der Waals surface area (Å²) in [5.41, 5.74) is 3.89. The third-order valence-electron chi connectivity index (χ3n) is 2.72. The third kappa shape index (κ3) is 4.73. The van der Waals surface area contributed by atoms with Gasteiger partial charge in [-0.3, -0.25) is 0 Å². The Balaban J connectivity index is 0.000000562. The van der Waals surface area contributed by atoms with Crippen LogP contribution in [0.4, 0.5) is 0 Å². The van der Waals surface area contributed by atoms with Crippen molar-refractivity contribution in [1.82, 2.24) is 4.98 Å². The number of aliphatic hydroxyl groups is 1. The van der Waals surface area contributed by atoms with E-state index in [0.29, 0.717) is 0 Å². The number of rotatable bonds is 2. The summed E-state index contributed by atoms with van der Waals surface area (Å²) in [4.78, 5) is 4.65. The fourth-order valence-corrected chi connectivity index (χ4v) is 1.84. The molecule has 4 heteroatoms. The van der Waals surface area contributed by atoms with Crippen LogP contribution in [0.25, 0.3) is 22.5 Å². The Morgan fingerprint density at radius 1 is 0.818 bits per heavy atom. The molecule has 1 aromatic heterocycles. The molecule has 0 aliphatic carbocycles. The second-order valence-electron chi connectivity index (χ2n) is 4.06. The molecule has 110 valence electrons. The van der Waals surface area contributed by atoms with E-state index >= 15 is 0 Å². The van der Waals surface area contributed by atoms with Crippen molar-refractivity contribution >= 4 is 0 Å². The summed E-state index contributed by atoms with van der Waals surface area (Å²) in [6, 6.07) is 28.1.